The maximum absolute atomic E-state index is 12.8. The third-order valence-electron chi connectivity index (χ3n) is 4.45. The van der Waals surface area contributed by atoms with Crippen molar-refractivity contribution in [1.82, 2.24) is 30.8 Å². The molecule has 2 aromatic heterocycles. The van der Waals surface area contributed by atoms with E-state index in [0.29, 0.717) is 22.5 Å². The number of hydrogen-bond donors (Lipinski definition) is 5. The molecule has 1 aromatic carbocycles. The molecule has 1 aliphatic heterocycles. The topological polar surface area (TPSA) is 120 Å². The molecule has 10 heteroatoms. The second kappa shape index (κ2) is 8.46. The van der Waals surface area contributed by atoms with E-state index >= 15 is 0 Å². The summed E-state index contributed by atoms with van der Waals surface area (Å²) in [5.74, 6) is 1.15. The van der Waals surface area contributed by atoms with E-state index in [0.717, 1.165) is 30.9 Å². The first kappa shape index (κ1) is 19.2. The molecule has 1 fully saturated rings. The molecule has 1 aliphatic rings. The van der Waals surface area contributed by atoms with Gasteiger partial charge in [0.1, 0.15) is 0 Å². The van der Waals surface area contributed by atoms with Crippen LogP contribution in [0.2, 0.25) is 5.02 Å². The van der Waals surface area contributed by atoms with Crippen molar-refractivity contribution in [3.05, 3.63) is 52.9 Å². The van der Waals surface area contributed by atoms with Crippen molar-refractivity contribution in [3.63, 3.8) is 0 Å². The SMILES string of the molecule is Cc1cc(Nc2cnc(C(=O)N[C@@H]3CCNC3)c(Nc3ccc(Cl)cc3)n2)n[nH]1. The molecule has 4 rings (SSSR count). The Hall–Kier alpha value is -3.17. The number of aromatic amines is 1. The summed E-state index contributed by atoms with van der Waals surface area (Å²) >= 11 is 5.96. The smallest absolute Gasteiger partial charge is 0.274 e. The molecule has 3 heterocycles. The molecule has 3 aromatic rings. The first-order chi connectivity index (χ1) is 14.1. The molecule has 150 valence electrons. The van der Waals surface area contributed by atoms with Gasteiger partial charge in [0.05, 0.1) is 6.20 Å². The first-order valence-electron chi connectivity index (χ1n) is 9.27. The van der Waals surface area contributed by atoms with Crippen molar-refractivity contribution < 1.29 is 4.79 Å². The maximum Gasteiger partial charge on any atom is 0.274 e. The molecular formula is C19H21ClN8O. The molecule has 0 spiro atoms. The van der Waals surface area contributed by atoms with Gasteiger partial charge in [0.25, 0.3) is 5.91 Å². The number of aryl methyl sites for hydroxylation is 1. The number of nitrogens with one attached hydrogen (secondary N) is 5. The minimum Gasteiger partial charge on any atom is -0.347 e. The highest BCUT2D eigenvalue weighted by Crippen LogP contribution is 2.22. The Morgan fingerprint density at radius 1 is 1.21 bits per heavy atom. The summed E-state index contributed by atoms with van der Waals surface area (Å²) < 4.78 is 0. The highest BCUT2D eigenvalue weighted by atomic mass is 35.5. The standard InChI is InChI=1S/C19H21ClN8O/c1-11-8-15(28-27-11)25-16-10-22-17(19(29)24-14-6-7-21-9-14)18(26-16)23-13-4-2-12(20)3-5-13/h2-5,8,10,14,21H,6-7,9H2,1H3,(H,24,29)(H3,23,25,26,27,28)/t14-/m1/s1. The highest BCUT2D eigenvalue weighted by Gasteiger charge is 2.22. The average Bonchev–Trinajstić information content (AvgIpc) is 3.35. The molecule has 0 aliphatic carbocycles. The van der Waals surface area contributed by atoms with Crippen LogP contribution < -0.4 is 21.3 Å². The molecule has 0 bridgehead atoms. The van der Waals surface area contributed by atoms with E-state index in [4.69, 9.17) is 11.6 Å². The van der Waals surface area contributed by atoms with Gasteiger partial charge in [-0.3, -0.25) is 9.89 Å². The van der Waals surface area contributed by atoms with Gasteiger partial charge in [-0.1, -0.05) is 11.6 Å². The average molecular weight is 413 g/mol. The van der Waals surface area contributed by atoms with Crippen LogP contribution in [0.3, 0.4) is 0 Å². The minimum atomic E-state index is -0.273. The van der Waals surface area contributed by atoms with Crippen molar-refractivity contribution in [2.24, 2.45) is 0 Å². The Morgan fingerprint density at radius 2 is 2.03 bits per heavy atom. The fourth-order valence-corrected chi connectivity index (χ4v) is 3.14. The number of H-pyrrole nitrogens is 1. The van der Waals surface area contributed by atoms with Crippen molar-refractivity contribution in [2.45, 2.75) is 19.4 Å². The van der Waals surface area contributed by atoms with Gasteiger partial charge in [0.2, 0.25) is 0 Å². The summed E-state index contributed by atoms with van der Waals surface area (Å²) in [7, 11) is 0. The third kappa shape index (κ3) is 4.82. The van der Waals surface area contributed by atoms with Crippen LogP contribution in [0.15, 0.2) is 36.5 Å². The summed E-state index contributed by atoms with van der Waals surface area (Å²) in [6.45, 7) is 3.54. The lowest BCUT2D eigenvalue weighted by atomic mass is 10.2. The van der Waals surface area contributed by atoms with Crippen molar-refractivity contribution >= 4 is 40.6 Å². The number of anilines is 4. The zero-order valence-electron chi connectivity index (χ0n) is 15.8. The summed E-state index contributed by atoms with van der Waals surface area (Å²) in [5, 5.41) is 20.1. The number of carbonyl (C=O) groups is 1. The van der Waals surface area contributed by atoms with Crippen LogP contribution in [0.25, 0.3) is 0 Å². The van der Waals surface area contributed by atoms with Gasteiger partial charge in [-0.05, 0) is 44.2 Å². The van der Waals surface area contributed by atoms with Gasteiger partial charge < -0.3 is 21.3 Å². The quantitative estimate of drug-likeness (QED) is 0.422. The predicted molar refractivity (Wildman–Crippen MR) is 112 cm³/mol. The minimum absolute atomic E-state index is 0.0810. The second-order valence-electron chi connectivity index (χ2n) is 6.81. The van der Waals surface area contributed by atoms with Crippen molar-refractivity contribution in [2.75, 3.05) is 23.7 Å². The normalized spacial score (nSPS) is 15.9. The molecule has 0 unspecified atom stereocenters. The fraction of sp³-hybridized carbons (Fsp3) is 0.263. The molecule has 0 radical (unpaired) electrons. The van der Waals surface area contributed by atoms with Crippen LogP contribution in [-0.4, -0.2) is 45.2 Å². The molecule has 1 atom stereocenters. The summed E-state index contributed by atoms with van der Waals surface area (Å²) in [4.78, 5) is 21.7. The number of carbonyl (C=O) groups excluding carboxylic acids is 1. The van der Waals surface area contributed by atoms with E-state index in [9.17, 15) is 4.79 Å². The predicted octanol–water partition coefficient (Wildman–Crippen LogP) is 2.74. The molecule has 9 nitrogen and oxygen atoms in total. The number of benzene rings is 1. The Balaban J connectivity index is 1.61. The highest BCUT2D eigenvalue weighted by molar-refractivity contribution is 6.30. The number of halogens is 1. The first-order valence-corrected chi connectivity index (χ1v) is 9.65. The largest absolute Gasteiger partial charge is 0.347 e. The number of amides is 1. The summed E-state index contributed by atoms with van der Waals surface area (Å²) in [5.41, 5.74) is 1.88. The molecule has 1 amide bonds. The van der Waals surface area contributed by atoms with Crippen LogP contribution in [0.4, 0.5) is 23.1 Å². The van der Waals surface area contributed by atoms with Crippen molar-refractivity contribution in [1.29, 1.82) is 0 Å². The Kier molecular flexibility index (Phi) is 5.59. The van der Waals surface area contributed by atoms with Gasteiger partial charge in [0.15, 0.2) is 23.1 Å². The molecule has 0 saturated carbocycles. The Labute approximate surface area is 172 Å². The van der Waals surface area contributed by atoms with E-state index in [1.54, 1.807) is 12.1 Å². The zero-order valence-corrected chi connectivity index (χ0v) is 16.5. The van der Waals surface area contributed by atoms with Gasteiger partial charge in [0, 0.05) is 35.1 Å². The van der Waals surface area contributed by atoms with Crippen LogP contribution >= 0.6 is 11.6 Å². The summed E-state index contributed by atoms with van der Waals surface area (Å²) in [6.07, 6.45) is 2.40. The van der Waals surface area contributed by atoms with E-state index in [2.05, 4.69) is 41.4 Å². The lowest BCUT2D eigenvalue weighted by Gasteiger charge is -2.15. The Morgan fingerprint density at radius 3 is 2.72 bits per heavy atom. The zero-order chi connectivity index (χ0) is 20.2. The van der Waals surface area contributed by atoms with Gasteiger partial charge in [-0.15, -0.1) is 0 Å². The van der Waals surface area contributed by atoms with Gasteiger partial charge >= 0.3 is 0 Å². The lowest BCUT2D eigenvalue weighted by Crippen LogP contribution is -2.37. The van der Waals surface area contributed by atoms with Crippen molar-refractivity contribution in [3.8, 4) is 0 Å². The maximum atomic E-state index is 12.8. The Bertz CT molecular complexity index is 998. The van der Waals surface area contributed by atoms with Crippen LogP contribution in [-0.2, 0) is 0 Å². The number of rotatable bonds is 6. The van der Waals surface area contributed by atoms with Crippen LogP contribution in [0, 0.1) is 6.92 Å². The van der Waals surface area contributed by atoms with E-state index in [-0.39, 0.29) is 17.6 Å². The second-order valence-corrected chi connectivity index (χ2v) is 7.25. The lowest BCUT2D eigenvalue weighted by molar-refractivity contribution is 0.0935. The van der Waals surface area contributed by atoms with Gasteiger partial charge in [-0.25, -0.2) is 9.97 Å². The monoisotopic (exact) mass is 412 g/mol. The number of hydrogen-bond acceptors (Lipinski definition) is 7. The summed E-state index contributed by atoms with van der Waals surface area (Å²) in [6, 6.07) is 9.07. The third-order valence-corrected chi connectivity index (χ3v) is 4.70. The van der Waals surface area contributed by atoms with Crippen LogP contribution in [0.1, 0.15) is 22.6 Å². The van der Waals surface area contributed by atoms with E-state index in [1.807, 2.05) is 25.1 Å². The van der Waals surface area contributed by atoms with E-state index in [1.165, 1.54) is 6.20 Å². The molecule has 29 heavy (non-hydrogen) atoms. The van der Waals surface area contributed by atoms with Crippen LogP contribution in [0.5, 0.6) is 0 Å². The van der Waals surface area contributed by atoms with Gasteiger partial charge in [-0.2, -0.15) is 5.10 Å². The molecular weight excluding hydrogens is 392 g/mol. The van der Waals surface area contributed by atoms with E-state index < -0.39 is 0 Å². The number of aromatic nitrogens is 4. The fourth-order valence-electron chi connectivity index (χ4n) is 3.02. The molecule has 1 saturated heterocycles. The number of nitrogens with zero attached hydrogens (tertiary/aromatic N) is 3. The molecule has 5 N–H and O–H groups in total.